The number of nitrogens with zero attached hydrogens (tertiary/aromatic N) is 2. The predicted octanol–water partition coefficient (Wildman–Crippen LogP) is 1.90. The summed E-state index contributed by atoms with van der Waals surface area (Å²) in [5.41, 5.74) is 2.96. The summed E-state index contributed by atoms with van der Waals surface area (Å²) in [6.07, 6.45) is 0.601. The molecule has 1 saturated heterocycles. The van der Waals surface area contributed by atoms with Crippen LogP contribution in [0.1, 0.15) is 25.8 Å². The van der Waals surface area contributed by atoms with Crippen LogP contribution >= 0.6 is 0 Å². The molecule has 1 aliphatic heterocycles. The molecular weight excluding hydrogens is 338 g/mol. The summed E-state index contributed by atoms with van der Waals surface area (Å²) in [6.45, 7) is 8.29. The van der Waals surface area contributed by atoms with Crippen LogP contribution in [-0.4, -0.2) is 63.5 Å². The molecule has 0 radical (unpaired) electrons. The lowest BCUT2D eigenvalue weighted by Gasteiger charge is -2.24. The normalized spacial score (nSPS) is 19.2. The quantitative estimate of drug-likeness (QED) is 0.797. The lowest BCUT2D eigenvalue weighted by Crippen LogP contribution is -2.38. The average Bonchev–Trinajstić information content (AvgIpc) is 2.91. The molecule has 1 atom stereocenters. The molecule has 7 heteroatoms. The molecule has 25 heavy (non-hydrogen) atoms. The molecule has 1 aliphatic rings. The first-order chi connectivity index (χ1) is 11.8. The van der Waals surface area contributed by atoms with Crippen LogP contribution in [0.3, 0.4) is 0 Å². The summed E-state index contributed by atoms with van der Waals surface area (Å²) >= 11 is 0. The number of nitrogens with one attached hydrogen (secondary N) is 1. The van der Waals surface area contributed by atoms with Gasteiger partial charge in [-0.1, -0.05) is 0 Å². The Hall–Kier alpha value is -1.60. The molecule has 1 aromatic rings. The smallest absolute Gasteiger partial charge is 0.238 e. The van der Waals surface area contributed by atoms with Gasteiger partial charge < -0.3 is 10.2 Å². The van der Waals surface area contributed by atoms with Crippen LogP contribution in [0.5, 0.6) is 0 Å². The summed E-state index contributed by atoms with van der Waals surface area (Å²) < 4.78 is 23.1. The van der Waals surface area contributed by atoms with E-state index in [0.717, 1.165) is 30.0 Å². The molecular formula is C18H29N3O3S. The highest BCUT2D eigenvalue weighted by atomic mass is 32.2. The topological polar surface area (TPSA) is 69.7 Å². The standard InChI is InChI=1S/C18H29N3O3S/c1-5-21(6-2)15-7-8-17(14(3)11-15)19-18(22)12-20(4)16-9-10-25(23,24)13-16/h7-8,11,16H,5-6,9-10,12-13H2,1-4H3,(H,19,22). The maximum absolute atomic E-state index is 12.3. The van der Waals surface area contributed by atoms with Gasteiger partial charge in [-0.3, -0.25) is 9.69 Å². The first kappa shape index (κ1) is 19.7. The Bertz CT molecular complexity index is 714. The monoisotopic (exact) mass is 367 g/mol. The molecule has 1 amide bonds. The fourth-order valence-corrected chi connectivity index (χ4v) is 5.05. The summed E-state index contributed by atoms with van der Waals surface area (Å²) in [5.74, 6) is 0.245. The third-order valence-corrected chi connectivity index (χ3v) is 6.59. The number of aryl methyl sites for hydroxylation is 1. The number of carbonyl (C=O) groups is 1. The van der Waals surface area contributed by atoms with E-state index in [1.807, 2.05) is 24.0 Å². The number of rotatable bonds is 7. The van der Waals surface area contributed by atoms with Crippen molar-refractivity contribution in [1.29, 1.82) is 0 Å². The van der Waals surface area contributed by atoms with Crippen LogP contribution < -0.4 is 10.2 Å². The minimum absolute atomic E-state index is 0.0677. The van der Waals surface area contributed by atoms with Gasteiger partial charge in [-0.2, -0.15) is 0 Å². The van der Waals surface area contributed by atoms with Gasteiger partial charge in [0.05, 0.1) is 18.1 Å². The van der Waals surface area contributed by atoms with Gasteiger partial charge in [-0.05, 0) is 58.0 Å². The van der Waals surface area contributed by atoms with Crippen molar-refractivity contribution in [1.82, 2.24) is 4.90 Å². The van der Waals surface area contributed by atoms with Gasteiger partial charge in [0.2, 0.25) is 5.91 Å². The first-order valence-corrected chi connectivity index (χ1v) is 10.6. The number of amides is 1. The van der Waals surface area contributed by atoms with E-state index >= 15 is 0 Å². The number of carbonyl (C=O) groups excluding carboxylic acids is 1. The molecule has 1 fully saturated rings. The zero-order valence-electron chi connectivity index (χ0n) is 15.6. The molecule has 6 nitrogen and oxygen atoms in total. The number of hydrogen-bond donors (Lipinski definition) is 1. The Labute approximate surface area is 151 Å². The van der Waals surface area contributed by atoms with Gasteiger partial charge in [-0.25, -0.2) is 8.42 Å². The van der Waals surface area contributed by atoms with E-state index in [-0.39, 0.29) is 30.0 Å². The van der Waals surface area contributed by atoms with Crippen molar-refractivity contribution < 1.29 is 13.2 Å². The predicted molar refractivity (Wildman–Crippen MR) is 103 cm³/mol. The highest BCUT2D eigenvalue weighted by molar-refractivity contribution is 7.91. The minimum Gasteiger partial charge on any atom is -0.372 e. The van der Waals surface area contributed by atoms with Crippen molar-refractivity contribution in [3.05, 3.63) is 23.8 Å². The van der Waals surface area contributed by atoms with Crippen LogP contribution in [0.4, 0.5) is 11.4 Å². The second-order valence-corrected chi connectivity index (χ2v) is 8.92. The van der Waals surface area contributed by atoms with E-state index in [1.54, 1.807) is 7.05 Å². The third-order valence-electron chi connectivity index (χ3n) is 4.84. The Balaban J connectivity index is 1.96. The van der Waals surface area contributed by atoms with E-state index in [0.29, 0.717) is 6.42 Å². The Morgan fingerprint density at radius 2 is 1.96 bits per heavy atom. The van der Waals surface area contributed by atoms with Crippen molar-refractivity contribution in [3.8, 4) is 0 Å². The molecule has 0 bridgehead atoms. The Morgan fingerprint density at radius 1 is 1.28 bits per heavy atom. The summed E-state index contributed by atoms with van der Waals surface area (Å²) in [5, 5.41) is 2.94. The van der Waals surface area contributed by atoms with E-state index in [4.69, 9.17) is 0 Å². The van der Waals surface area contributed by atoms with Gasteiger partial charge in [0.15, 0.2) is 9.84 Å². The zero-order chi connectivity index (χ0) is 18.6. The van der Waals surface area contributed by atoms with Gasteiger partial charge >= 0.3 is 0 Å². The van der Waals surface area contributed by atoms with E-state index in [9.17, 15) is 13.2 Å². The second kappa shape index (κ2) is 8.19. The highest BCUT2D eigenvalue weighted by Crippen LogP contribution is 2.23. The van der Waals surface area contributed by atoms with Gasteiger partial charge in [-0.15, -0.1) is 0 Å². The molecule has 1 N–H and O–H groups in total. The van der Waals surface area contributed by atoms with Crippen LogP contribution in [0.15, 0.2) is 18.2 Å². The van der Waals surface area contributed by atoms with Crippen molar-refractivity contribution in [3.63, 3.8) is 0 Å². The molecule has 1 heterocycles. The van der Waals surface area contributed by atoms with Crippen LogP contribution in [-0.2, 0) is 14.6 Å². The van der Waals surface area contributed by atoms with Crippen molar-refractivity contribution in [2.24, 2.45) is 0 Å². The van der Waals surface area contributed by atoms with Crippen LogP contribution in [0.25, 0.3) is 0 Å². The summed E-state index contributed by atoms with van der Waals surface area (Å²) in [6, 6.07) is 5.96. The largest absolute Gasteiger partial charge is 0.372 e. The average molecular weight is 368 g/mol. The molecule has 1 aromatic carbocycles. The van der Waals surface area contributed by atoms with E-state index < -0.39 is 9.84 Å². The number of likely N-dealkylation sites (N-methyl/N-ethyl adjacent to an activating group) is 1. The third kappa shape index (κ3) is 5.19. The maximum atomic E-state index is 12.3. The minimum atomic E-state index is -2.94. The number of hydrogen-bond acceptors (Lipinski definition) is 5. The van der Waals surface area contributed by atoms with Gasteiger partial charge in [0, 0.05) is 30.5 Å². The van der Waals surface area contributed by atoms with Crippen molar-refractivity contribution in [2.45, 2.75) is 33.2 Å². The molecule has 0 aliphatic carbocycles. The Kier molecular flexibility index (Phi) is 6.46. The van der Waals surface area contributed by atoms with Crippen LogP contribution in [0.2, 0.25) is 0 Å². The molecule has 0 saturated carbocycles. The first-order valence-electron chi connectivity index (χ1n) is 8.81. The Morgan fingerprint density at radius 3 is 2.48 bits per heavy atom. The molecule has 2 rings (SSSR count). The van der Waals surface area contributed by atoms with Crippen molar-refractivity contribution >= 4 is 27.1 Å². The highest BCUT2D eigenvalue weighted by Gasteiger charge is 2.31. The fraction of sp³-hybridized carbons (Fsp3) is 0.611. The lowest BCUT2D eigenvalue weighted by molar-refractivity contribution is -0.117. The SMILES string of the molecule is CCN(CC)c1ccc(NC(=O)CN(C)C2CCS(=O)(=O)C2)c(C)c1. The number of anilines is 2. The lowest BCUT2D eigenvalue weighted by atomic mass is 10.1. The van der Waals surface area contributed by atoms with Gasteiger partial charge in [0.1, 0.15) is 0 Å². The van der Waals surface area contributed by atoms with E-state index in [1.165, 1.54) is 0 Å². The fourth-order valence-electron chi connectivity index (χ4n) is 3.24. The maximum Gasteiger partial charge on any atom is 0.238 e. The van der Waals surface area contributed by atoms with Crippen LogP contribution in [0, 0.1) is 6.92 Å². The van der Waals surface area contributed by atoms with Gasteiger partial charge in [0.25, 0.3) is 0 Å². The number of sulfone groups is 1. The van der Waals surface area contributed by atoms with Crippen molar-refractivity contribution in [2.75, 3.05) is 48.4 Å². The molecule has 0 spiro atoms. The molecule has 1 unspecified atom stereocenters. The molecule has 140 valence electrons. The number of benzene rings is 1. The summed E-state index contributed by atoms with van der Waals surface area (Å²) in [4.78, 5) is 16.4. The molecule has 0 aromatic heterocycles. The van der Waals surface area contributed by atoms with E-state index in [2.05, 4.69) is 30.1 Å². The second-order valence-electron chi connectivity index (χ2n) is 6.69. The zero-order valence-corrected chi connectivity index (χ0v) is 16.4. The summed E-state index contributed by atoms with van der Waals surface area (Å²) in [7, 11) is -1.13.